The summed E-state index contributed by atoms with van der Waals surface area (Å²) in [5.74, 6) is 0.355. The Kier molecular flexibility index (Phi) is 4.32. The van der Waals surface area contributed by atoms with Gasteiger partial charge in [-0.15, -0.1) is 0 Å². The first kappa shape index (κ1) is 16.5. The summed E-state index contributed by atoms with van der Waals surface area (Å²) in [6.07, 6.45) is 0.925. The number of rotatable bonds is 4. The van der Waals surface area contributed by atoms with Crippen molar-refractivity contribution in [2.45, 2.75) is 37.5 Å². The maximum atomic E-state index is 12.6. The molecule has 2 N–H and O–H groups in total. The Hall–Kier alpha value is -2.34. The molecule has 1 amide bonds. The Morgan fingerprint density at radius 2 is 1.75 bits per heavy atom. The highest BCUT2D eigenvalue weighted by molar-refractivity contribution is 7.92. The average molecular weight is 344 g/mol. The van der Waals surface area contributed by atoms with Crippen LogP contribution >= 0.6 is 0 Å². The molecule has 0 fully saturated rings. The summed E-state index contributed by atoms with van der Waals surface area (Å²) >= 11 is 0. The van der Waals surface area contributed by atoms with Gasteiger partial charge in [0.05, 0.1) is 4.90 Å². The molecule has 0 aliphatic carbocycles. The zero-order valence-electron chi connectivity index (χ0n) is 13.7. The van der Waals surface area contributed by atoms with Gasteiger partial charge in [-0.1, -0.05) is 26.0 Å². The third-order valence-electron chi connectivity index (χ3n) is 4.11. The molecular formula is C18H20N2O3S. The lowest BCUT2D eigenvalue weighted by Crippen LogP contribution is -2.20. The van der Waals surface area contributed by atoms with Gasteiger partial charge >= 0.3 is 0 Å². The quantitative estimate of drug-likeness (QED) is 0.891. The molecule has 126 valence electrons. The number of hydrogen-bond donors (Lipinski definition) is 2. The van der Waals surface area contributed by atoms with Gasteiger partial charge in [-0.3, -0.25) is 9.52 Å². The second-order valence-electron chi connectivity index (χ2n) is 6.25. The normalized spacial score (nSPS) is 14.2. The van der Waals surface area contributed by atoms with Crippen molar-refractivity contribution in [2.24, 2.45) is 0 Å². The van der Waals surface area contributed by atoms with Crippen molar-refractivity contribution in [2.75, 3.05) is 10.0 Å². The highest BCUT2D eigenvalue weighted by Gasteiger charge is 2.20. The Labute approximate surface area is 142 Å². The molecule has 1 aliphatic heterocycles. The minimum absolute atomic E-state index is 0.0403. The summed E-state index contributed by atoms with van der Waals surface area (Å²) < 4.78 is 27.7. The van der Waals surface area contributed by atoms with Gasteiger partial charge in [-0.05, 0) is 53.8 Å². The van der Waals surface area contributed by atoms with Gasteiger partial charge in [0.2, 0.25) is 5.91 Å². The number of aryl methyl sites for hydroxylation is 1. The third kappa shape index (κ3) is 3.43. The number of fused-ring (bicyclic) bond motifs is 1. The molecule has 5 nitrogen and oxygen atoms in total. The number of benzene rings is 2. The predicted octanol–water partition coefficient (Wildman–Crippen LogP) is 3.50. The second-order valence-corrected chi connectivity index (χ2v) is 7.93. The summed E-state index contributed by atoms with van der Waals surface area (Å²) in [7, 11) is -3.66. The largest absolute Gasteiger partial charge is 0.326 e. The smallest absolute Gasteiger partial charge is 0.261 e. The first-order valence-electron chi connectivity index (χ1n) is 7.91. The van der Waals surface area contributed by atoms with Crippen LogP contribution in [0.2, 0.25) is 0 Å². The van der Waals surface area contributed by atoms with Crippen molar-refractivity contribution < 1.29 is 13.2 Å². The first-order valence-corrected chi connectivity index (χ1v) is 9.39. The maximum Gasteiger partial charge on any atom is 0.261 e. The third-order valence-corrected chi connectivity index (χ3v) is 5.49. The summed E-state index contributed by atoms with van der Waals surface area (Å²) in [5, 5.41) is 2.75. The lowest BCUT2D eigenvalue weighted by molar-refractivity contribution is -0.116. The summed E-state index contributed by atoms with van der Waals surface area (Å²) in [6, 6.07) is 12.2. The van der Waals surface area contributed by atoms with Gasteiger partial charge < -0.3 is 5.32 Å². The standard InChI is InChI=1S/C18H20N2O3S/c1-12(2)13-3-6-15(7-4-13)20-24(22,23)16-8-9-17-14(11-16)5-10-18(21)19-17/h3-4,6-9,11-12,20H,5,10H2,1-2H3,(H,19,21). The molecule has 0 aromatic heterocycles. The number of anilines is 2. The predicted molar refractivity (Wildman–Crippen MR) is 94.7 cm³/mol. The monoisotopic (exact) mass is 344 g/mol. The van der Waals surface area contributed by atoms with E-state index in [1.54, 1.807) is 24.3 Å². The van der Waals surface area contributed by atoms with E-state index in [0.717, 1.165) is 11.1 Å². The zero-order chi connectivity index (χ0) is 17.3. The summed E-state index contributed by atoms with van der Waals surface area (Å²) in [5.41, 5.74) is 3.21. The molecule has 24 heavy (non-hydrogen) atoms. The van der Waals surface area contributed by atoms with Crippen molar-refractivity contribution >= 4 is 27.3 Å². The van der Waals surface area contributed by atoms with Gasteiger partial charge in [0, 0.05) is 17.8 Å². The minimum Gasteiger partial charge on any atom is -0.326 e. The number of hydrogen-bond acceptors (Lipinski definition) is 3. The molecule has 0 radical (unpaired) electrons. The van der Waals surface area contributed by atoms with E-state index in [9.17, 15) is 13.2 Å². The van der Waals surface area contributed by atoms with Gasteiger partial charge in [-0.2, -0.15) is 0 Å². The van der Waals surface area contributed by atoms with Crippen LogP contribution in [0.3, 0.4) is 0 Å². The topological polar surface area (TPSA) is 75.3 Å². The van der Waals surface area contributed by atoms with Crippen molar-refractivity contribution in [1.82, 2.24) is 0 Å². The fourth-order valence-corrected chi connectivity index (χ4v) is 3.79. The molecule has 6 heteroatoms. The van der Waals surface area contributed by atoms with Gasteiger partial charge in [0.25, 0.3) is 10.0 Å². The fraction of sp³-hybridized carbons (Fsp3) is 0.278. The van der Waals surface area contributed by atoms with Crippen LogP contribution in [0.5, 0.6) is 0 Å². The Morgan fingerprint density at radius 3 is 2.42 bits per heavy atom. The van der Waals surface area contributed by atoms with E-state index in [-0.39, 0.29) is 10.8 Å². The van der Waals surface area contributed by atoms with Crippen molar-refractivity contribution in [3.63, 3.8) is 0 Å². The van der Waals surface area contributed by atoms with Gasteiger partial charge in [-0.25, -0.2) is 8.42 Å². The molecule has 0 saturated heterocycles. The molecular weight excluding hydrogens is 324 g/mol. The van der Waals surface area contributed by atoms with E-state index < -0.39 is 10.0 Å². The van der Waals surface area contributed by atoms with Crippen LogP contribution in [-0.4, -0.2) is 14.3 Å². The summed E-state index contributed by atoms with van der Waals surface area (Å²) in [6.45, 7) is 4.18. The number of nitrogens with one attached hydrogen (secondary N) is 2. The second kappa shape index (κ2) is 6.28. The lowest BCUT2D eigenvalue weighted by atomic mass is 10.0. The van der Waals surface area contributed by atoms with Crippen LogP contribution < -0.4 is 10.0 Å². The molecule has 2 aromatic rings. The molecule has 0 saturated carbocycles. The molecule has 3 rings (SSSR count). The molecule has 2 aromatic carbocycles. The van der Waals surface area contributed by atoms with E-state index >= 15 is 0 Å². The number of amides is 1. The van der Waals surface area contributed by atoms with Crippen LogP contribution in [0.25, 0.3) is 0 Å². The molecule has 0 spiro atoms. The van der Waals surface area contributed by atoms with E-state index in [4.69, 9.17) is 0 Å². The first-order chi connectivity index (χ1) is 11.3. The summed E-state index contributed by atoms with van der Waals surface area (Å²) in [4.78, 5) is 11.6. The highest BCUT2D eigenvalue weighted by Crippen LogP contribution is 2.27. The van der Waals surface area contributed by atoms with Gasteiger partial charge in [0.15, 0.2) is 0 Å². The minimum atomic E-state index is -3.66. The zero-order valence-corrected chi connectivity index (χ0v) is 14.5. The van der Waals surface area contributed by atoms with Crippen molar-refractivity contribution in [3.05, 3.63) is 53.6 Å². The van der Waals surface area contributed by atoms with Crippen molar-refractivity contribution in [1.29, 1.82) is 0 Å². The maximum absolute atomic E-state index is 12.6. The SMILES string of the molecule is CC(C)c1ccc(NS(=O)(=O)c2ccc3c(c2)CCC(=O)N3)cc1. The van der Waals surface area contributed by atoms with Crippen LogP contribution in [0.4, 0.5) is 11.4 Å². The van der Waals surface area contributed by atoms with Crippen LogP contribution in [-0.2, 0) is 21.2 Å². The highest BCUT2D eigenvalue weighted by atomic mass is 32.2. The average Bonchev–Trinajstić information content (AvgIpc) is 2.54. The lowest BCUT2D eigenvalue weighted by Gasteiger charge is -2.18. The number of carbonyl (C=O) groups excluding carboxylic acids is 1. The Balaban J connectivity index is 1.84. The molecule has 0 unspecified atom stereocenters. The Bertz CT molecular complexity index is 872. The number of sulfonamides is 1. The van der Waals surface area contributed by atoms with E-state index in [2.05, 4.69) is 23.9 Å². The van der Waals surface area contributed by atoms with E-state index in [1.807, 2.05) is 12.1 Å². The number of carbonyl (C=O) groups is 1. The van der Waals surface area contributed by atoms with Crippen LogP contribution in [0.15, 0.2) is 47.4 Å². The van der Waals surface area contributed by atoms with Crippen LogP contribution in [0.1, 0.15) is 37.3 Å². The molecule has 0 bridgehead atoms. The van der Waals surface area contributed by atoms with Gasteiger partial charge in [0.1, 0.15) is 0 Å². The molecule has 1 aliphatic rings. The van der Waals surface area contributed by atoms with E-state index in [0.29, 0.717) is 30.1 Å². The van der Waals surface area contributed by atoms with E-state index in [1.165, 1.54) is 6.07 Å². The Morgan fingerprint density at radius 1 is 1.04 bits per heavy atom. The van der Waals surface area contributed by atoms with Crippen molar-refractivity contribution in [3.8, 4) is 0 Å². The molecule has 1 heterocycles. The molecule has 0 atom stereocenters. The fourth-order valence-electron chi connectivity index (χ4n) is 2.68. The van der Waals surface area contributed by atoms with Crippen LogP contribution in [0, 0.1) is 0 Å².